The lowest BCUT2D eigenvalue weighted by molar-refractivity contribution is -0.139. The van der Waals surface area contributed by atoms with Gasteiger partial charge in [0.25, 0.3) is 0 Å². The van der Waals surface area contributed by atoms with E-state index >= 15 is 0 Å². The maximum atomic E-state index is 12.2. The predicted molar refractivity (Wildman–Crippen MR) is 101 cm³/mol. The summed E-state index contributed by atoms with van der Waals surface area (Å²) in [6.07, 6.45) is 2.60. The van der Waals surface area contributed by atoms with Crippen LogP contribution in [0.15, 0.2) is 0 Å². The average molecular weight is 383 g/mol. The summed E-state index contributed by atoms with van der Waals surface area (Å²) in [6, 6.07) is 0. The molecular weight excluding hydrogens is 351 g/mol. The van der Waals surface area contributed by atoms with Crippen LogP contribution < -0.4 is 5.32 Å². The summed E-state index contributed by atoms with van der Waals surface area (Å²) in [5.41, 5.74) is 0. The van der Waals surface area contributed by atoms with Gasteiger partial charge in [-0.05, 0) is 38.4 Å². The Hall–Kier alpha value is -0.560. The van der Waals surface area contributed by atoms with E-state index in [1.54, 1.807) is 0 Å². The Morgan fingerprint density at radius 3 is 1.92 bits per heavy atom. The van der Waals surface area contributed by atoms with Crippen LogP contribution in [-0.2, 0) is 9.59 Å². The Morgan fingerprint density at radius 2 is 1.46 bits per heavy atom. The maximum absolute atomic E-state index is 12.2. The van der Waals surface area contributed by atoms with Gasteiger partial charge < -0.3 is 15.1 Å². The van der Waals surface area contributed by atoms with Crippen LogP contribution >= 0.6 is 24.8 Å². The number of amides is 2. The first kappa shape index (κ1) is 23.4. The van der Waals surface area contributed by atoms with Gasteiger partial charge in [-0.25, -0.2) is 0 Å². The molecule has 1 aliphatic carbocycles. The van der Waals surface area contributed by atoms with Crippen LogP contribution in [0, 0.1) is 5.92 Å². The Morgan fingerprint density at radius 1 is 0.958 bits per heavy atom. The highest BCUT2D eigenvalue weighted by Gasteiger charge is 2.25. The molecule has 1 heterocycles. The van der Waals surface area contributed by atoms with Crippen molar-refractivity contribution >= 4 is 36.6 Å². The molecule has 142 valence electrons. The fourth-order valence-corrected chi connectivity index (χ4v) is 2.76. The summed E-state index contributed by atoms with van der Waals surface area (Å²) in [5, 5.41) is 3.24. The smallest absolute Gasteiger partial charge is 0.236 e. The van der Waals surface area contributed by atoms with Gasteiger partial charge in [-0.1, -0.05) is 13.8 Å². The van der Waals surface area contributed by atoms with Crippen LogP contribution in [-0.4, -0.2) is 85.4 Å². The summed E-state index contributed by atoms with van der Waals surface area (Å²) < 4.78 is 0. The molecule has 24 heavy (non-hydrogen) atoms. The minimum atomic E-state index is 0. The fourth-order valence-electron chi connectivity index (χ4n) is 2.76. The highest BCUT2D eigenvalue weighted by Crippen LogP contribution is 2.27. The molecule has 0 bridgehead atoms. The second kappa shape index (κ2) is 11.9. The molecule has 1 N–H and O–H groups in total. The Kier molecular flexibility index (Phi) is 11.6. The van der Waals surface area contributed by atoms with Crippen molar-refractivity contribution in [3.05, 3.63) is 0 Å². The third kappa shape index (κ3) is 7.55. The second-order valence-electron chi connectivity index (χ2n) is 6.30. The Bertz CT molecular complexity index is 382. The van der Waals surface area contributed by atoms with Crippen molar-refractivity contribution in [2.75, 3.05) is 58.9 Å². The Labute approximate surface area is 158 Å². The normalized spacial score (nSPS) is 17.3. The molecule has 0 spiro atoms. The highest BCUT2D eigenvalue weighted by molar-refractivity contribution is 5.85. The first-order valence-corrected chi connectivity index (χ1v) is 8.62. The van der Waals surface area contributed by atoms with Gasteiger partial charge in [0.2, 0.25) is 11.8 Å². The second-order valence-corrected chi connectivity index (χ2v) is 6.30. The molecule has 2 amide bonds. The average Bonchev–Trinajstić information content (AvgIpc) is 3.36. The lowest BCUT2D eigenvalue weighted by atomic mass is 10.3. The molecule has 1 aliphatic heterocycles. The van der Waals surface area contributed by atoms with E-state index < -0.39 is 0 Å². The zero-order chi connectivity index (χ0) is 15.9. The van der Waals surface area contributed by atoms with Crippen molar-refractivity contribution in [1.82, 2.24) is 20.0 Å². The minimum absolute atomic E-state index is 0. The third-order valence-electron chi connectivity index (χ3n) is 4.64. The molecule has 0 radical (unpaired) electrons. The number of nitrogens with zero attached hydrogens (tertiary/aromatic N) is 3. The fraction of sp³-hybridized carbons (Fsp3) is 0.875. The van der Waals surface area contributed by atoms with E-state index in [0.29, 0.717) is 39.3 Å². The zero-order valence-electron chi connectivity index (χ0n) is 14.8. The van der Waals surface area contributed by atoms with Crippen molar-refractivity contribution in [3.8, 4) is 0 Å². The molecule has 2 fully saturated rings. The van der Waals surface area contributed by atoms with Crippen LogP contribution in [0.2, 0.25) is 0 Å². The molecule has 2 rings (SSSR count). The van der Waals surface area contributed by atoms with Crippen molar-refractivity contribution in [1.29, 1.82) is 0 Å². The van der Waals surface area contributed by atoms with Crippen molar-refractivity contribution < 1.29 is 9.59 Å². The maximum Gasteiger partial charge on any atom is 0.236 e. The number of carbonyl (C=O) groups is 2. The predicted octanol–water partition coefficient (Wildman–Crippen LogP) is 0.842. The summed E-state index contributed by atoms with van der Waals surface area (Å²) in [7, 11) is 0. The number of carbonyl (C=O) groups excluding carboxylic acids is 2. The molecule has 0 aromatic heterocycles. The quantitative estimate of drug-likeness (QED) is 0.675. The van der Waals surface area contributed by atoms with Gasteiger partial charge in [-0.2, -0.15) is 0 Å². The number of nitrogens with one attached hydrogen (secondary N) is 1. The van der Waals surface area contributed by atoms with Crippen molar-refractivity contribution in [2.45, 2.75) is 26.7 Å². The summed E-state index contributed by atoms with van der Waals surface area (Å²) in [5.74, 6) is 1.14. The van der Waals surface area contributed by atoms with Gasteiger partial charge in [0.1, 0.15) is 0 Å². The molecule has 0 aromatic carbocycles. The number of halogens is 2. The lowest BCUT2D eigenvalue weighted by Crippen LogP contribution is -2.54. The van der Waals surface area contributed by atoms with Crippen LogP contribution in [0.5, 0.6) is 0 Å². The first-order valence-electron chi connectivity index (χ1n) is 8.62. The zero-order valence-corrected chi connectivity index (χ0v) is 16.5. The van der Waals surface area contributed by atoms with Gasteiger partial charge >= 0.3 is 0 Å². The summed E-state index contributed by atoms with van der Waals surface area (Å²) in [6.45, 7) is 10.5. The number of rotatable bonds is 8. The topological polar surface area (TPSA) is 55.9 Å². The standard InChI is InChI=1S/C16H30N4O2.2ClH/c1-3-18(4-2)13-16(22)20-9-7-19(8-10-20)15(21)12-17-11-14-5-6-14;;/h14,17H,3-13H2,1-2H3;2*1H. The van der Waals surface area contributed by atoms with Crippen LogP contribution in [0.25, 0.3) is 0 Å². The van der Waals surface area contributed by atoms with E-state index in [1.165, 1.54) is 12.8 Å². The van der Waals surface area contributed by atoms with E-state index in [0.717, 1.165) is 25.6 Å². The van der Waals surface area contributed by atoms with E-state index in [2.05, 4.69) is 24.1 Å². The summed E-state index contributed by atoms with van der Waals surface area (Å²) >= 11 is 0. The van der Waals surface area contributed by atoms with E-state index in [-0.39, 0.29) is 36.6 Å². The van der Waals surface area contributed by atoms with E-state index in [9.17, 15) is 9.59 Å². The molecule has 0 unspecified atom stereocenters. The molecule has 1 saturated heterocycles. The van der Waals surface area contributed by atoms with Gasteiger partial charge in [0.15, 0.2) is 0 Å². The van der Waals surface area contributed by atoms with E-state index in [4.69, 9.17) is 0 Å². The van der Waals surface area contributed by atoms with Gasteiger partial charge in [-0.15, -0.1) is 24.8 Å². The number of likely N-dealkylation sites (N-methyl/N-ethyl adjacent to an activating group) is 1. The number of hydrogen-bond acceptors (Lipinski definition) is 4. The van der Waals surface area contributed by atoms with Gasteiger partial charge in [-0.3, -0.25) is 14.5 Å². The molecule has 2 aliphatic rings. The van der Waals surface area contributed by atoms with E-state index in [1.807, 2.05) is 9.80 Å². The summed E-state index contributed by atoms with van der Waals surface area (Å²) in [4.78, 5) is 30.2. The van der Waals surface area contributed by atoms with Gasteiger partial charge in [0, 0.05) is 26.2 Å². The third-order valence-corrected chi connectivity index (χ3v) is 4.64. The molecule has 1 saturated carbocycles. The number of piperazine rings is 1. The molecule has 8 heteroatoms. The van der Waals surface area contributed by atoms with Crippen LogP contribution in [0.4, 0.5) is 0 Å². The van der Waals surface area contributed by atoms with Crippen LogP contribution in [0.1, 0.15) is 26.7 Å². The molecule has 0 atom stereocenters. The molecule has 0 aromatic rings. The lowest BCUT2D eigenvalue weighted by Gasteiger charge is -2.35. The largest absolute Gasteiger partial charge is 0.338 e. The number of hydrogen-bond donors (Lipinski definition) is 1. The SMILES string of the molecule is CCN(CC)CC(=O)N1CCN(C(=O)CNCC2CC2)CC1.Cl.Cl. The Balaban J connectivity index is 0.00000264. The minimum Gasteiger partial charge on any atom is -0.338 e. The molecule has 6 nitrogen and oxygen atoms in total. The highest BCUT2D eigenvalue weighted by atomic mass is 35.5. The first-order chi connectivity index (χ1) is 10.6. The van der Waals surface area contributed by atoms with Crippen LogP contribution in [0.3, 0.4) is 0 Å². The monoisotopic (exact) mass is 382 g/mol. The van der Waals surface area contributed by atoms with Crippen molar-refractivity contribution in [3.63, 3.8) is 0 Å². The van der Waals surface area contributed by atoms with Gasteiger partial charge in [0.05, 0.1) is 13.1 Å². The molecular formula is C16H32Cl2N4O2. The van der Waals surface area contributed by atoms with Crippen molar-refractivity contribution in [2.24, 2.45) is 5.92 Å².